The molecule has 5 nitrogen and oxygen atoms in total. The van der Waals surface area contributed by atoms with Crippen molar-refractivity contribution >= 4 is 37.7 Å². The molecular formula is C22H31O5PS. The van der Waals surface area contributed by atoms with Gasteiger partial charge in [0.05, 0.1) is 26.2 Å². The molecule has 2 atom stereocenters. The van der Waals surface area contributed by atoms with Gasteiger partial charge in [-0.1, -0.05) is 38.1 Å². The van der Waals surface area contributed by atoms with Crippen LogP contribution in [0.15, 0.2) is 36.4 Å². The summed E-state index contributed by atoms with van der Waals surface area (Å²) in [6.07, 6.45) is 1.85. The molecule has 0 heterocycles. The molecule has 1 unspecified atom stereocenters. The summed E-state index contributed by atoms with van der Waals surface area (Å²) in [4.78, 5) is 11.9. The van der Waals surface area contributed by atoms with Gasteiger partial charge in [0, 0.05) is 10.9 Å². The molecule has 7 heteroatoms. The Morgan fingerprint density at radius 2 is 1.86 bits per heavy atom. The van der Waals surface area contributed by atoms with Crippen molar-refractivity contribution in [2.45, 2.75) is 44.3 Å². The number of hydrogen-bond acceptors (Lipinski definition) is 5. The Bertz CT molecular complexity index is 805. The summed E-state index contributed by atoms with van der Waals surface area (Å²) in [5, 5.41) is 11.8. The molecule has 160 valence electrons. The first-order chi connectivity index (χ1) is 13.7. The topological polar surface area (TPSA) is 65.0 Å². The molecule has 0 saturated heterocycles. The minimum atomic E-state index is -1.12. The second kappa shape index (κ2) is 11.2. The smallest absolute Gasteiger partial charge is 0.310 e. The lowest BCUT2D eigenvalue weighted by Gasteiger charge is -2.22. The summed E-state index contributed by atoms with van der Waals surface area (Å²) in [6, 6.07) is 11.5. The summed E-state index contributed by atoms with van der Waals surface area (Å²) >= 11 is 4.51. The molecule has 29 heavy (non-hydrogen) atoms. The van der Waals surface area contributed by atoms with E-state index in [2.05, 4.69) is 12.6 Å². The number of methoxy groups -OCH3 is 1. The second-order valence-electron chi connectivity index (χ2n) is 7.52. The van der Waals surface area contributed by atoms with Crippen LogP contribution in [0.4, 0.5) is 0 Å². The fraction of sp³-hybridized carbons (Fsp3) is 0.500. The van der Waals surface area contributed by atoms with E-state index in [4.69, 9.17) is 13.8 Å². The van der Waals surface area contributed by atoms with Gasteiger partial charge >= 0.3 is 5.97 Å². The SMILES string of the molecule is CCOP(CC[C@H](C(=O)O)c1ccc2cc(OC)ccc2c1)OCCC(C)(C)S. The van der Waals surface area contributed by atoms with Gasteiger partial charge in [0.25, 0.3) is 0 Å². The zero-order valence-electron chi connectivity index (χ0n) is 17.6. The first kappa shape index (κ1) is 23.9. The average Bonchev–Trinajstić information content (AvgIpc) is 2.66. The van der Waals surface area contributed by atoms with Crippen molar-refractivity contribution in [1.29, 1.82) is 0 Å². The van der Waals surface area contributed by atoms with E-state index in [1.165, 1.54) is 0 Å². The lowest BCUT2D eigenvalue weighted by atomic mass is 9.94. The van der Waals surface area contributed by atoms with Crippen LogP contribution in [-0.2, 0) is 13.8 Å². The normalized spacial score (nSPS) is 14.0. The first-order valence-electron chi connectivity index (χ1n) is 9.79. The number of carboxylic acid groups (broad SMARTS) is 1. The van der Waals surface area contributed by atoms with Crippen molar-refractivity contribution in [3.05, 3.63) is 42.0 Å². The van der Waals surface area contributed by atoms with Crippen molar-refractivity contribution in [3.8, 4) is 5.75 Å². The number of benzene rings is 2. The molecule has 0 aliphatic heterocycles. The molecule has 2 aromatic carbocycles. The molecule has 0 aliphatic carbocycles. The van der Waals surface area contributed by atoms with Crippen LogP contribution in [0.25, 0.3) is 10.8 Å². The third-order valence-electron chi connectivity index (χ3n) is 4.59. The fourth-order valence-electron chi connectivity index (χ4n) is 2.96. The van der Waals surface area contributed by atoms with Crippen LogP contribution in [0.1, 0.15) is 45.1 Å². The maximum Gasteiger partial charge on any atom is 0.310 e. The van der Waals surface area contributed by atoms with E-state index < -0.39 is 20.3 Å². The van der Waals surface area contributed by atoms with Crippen LogP contribution in [-0.4, -0.2) is 42.3 Å². The van der Waals surface area contributed by atoms with Gasteiger partial charge in [-0.3, -0.25) is 4.79 Å². The minimum Gasteiger partial charge on any atom is -0.497 e. The van der Waals surface area contributed by atoms with Crippen molar-refractivity contribution in [2.24, 2.45) is 0 Å². The van der Waals surface area contributed by atoms with Gasteiger partial charge in [-0.25, -0.2) is 0 Å². The summed E-state index contributed by atoms with van der Waals surface area (Å²) in [5.74, 6) is -0.651. The molecule has 0 saturated carbocycles. The molecule has 0 aliphatic rings. The number of carbonyl (C=O) groups is 1. The monoisotopic (exact) mass is 438 g/mol. The first-order valence-corrected chi connectivity index (χ1v) is 11.6. The Morgan fingerprint density at radius 1 is 1.17 bits per heavy atom. The van der Waals surface area contributed by atoms with Crippen molar-refractivity contribution in [2.75, 3.05) is 26.5 Å². The van der Waals surface area contributed by atoms with Gasteiger partial charge in [0.2, 0.25) is 0 Å². The van der Waals surface area contributed by atoms with Crippen LogP contribution >= 0.6 is 21.0 Å². The van der Waals surface area contributed by atoms with E-state index in [9.17, 15) is 9.90 Å². The molecule has 0 fully saturated rings. The van der Waals surface area contributed by atoms with E-state index in [1.807, 2.05) is 57.2 Å². The van der Waals surface area contributed by atoms with E-state index in [0.29, 0.717) is 25.8 Å². The highest BCUT2D eigenvalue weighted by molar-refractivity contribution is 7.81. The third kappa shape index (κ3) is 7.78. The van der Waals surface area contributed by atoms with E-state index in [1.54, 1.807) is 7.11 Å². The van der Waals surface area contributed by atoms with Crippen LogP contribution in [0.3, 0.4) is 0 Å². The quantitative estimate of drug-likeness (QED) is 0.320. The standard InChI is InChI=1S/C22H31O5PS/c1-5-26-28(27-12-11-22(2,3)29)13-10-20(21(23)24)18-7-6-17-15-19(25-4)9-8-16(17)14-18/h6-9,14-15,20,29H,5,10-13H2,1-4H3,(H,23,24)/t20-,28?/m0/s1. The number of carboxylic acids is 1. The number of hydrogen-bond donors (Lipinski definition) is 2. The molecule has 0 spiro atoms. The number of ether oxygens (including phenoxy) is 1. The Labute approximate surface area is 180 Å². The Kier molecular flexibility index (Phi) is 9.22. The number of fused-ring (bicyclic) bond motifs is 1. The predicted molar refractivity (Wildman–Crippen MR) is 123 cm³/mol. The maximum atomic E-state index is 11.9. The van der Waals surface area contributed by atoms with E-state index in [-0.39, 0.29) is 4.75 Å². The zero-order chi connectivity index (χ0) is 21.4. The largest absolute Gasteiger partial charge is 0.497 e. The highest BCUT2D eigenvalue weighted by Gasteiger charge is 2.23. The zero-order valence-corrected chi connectivity index (χ0v) is 19.3. The van der Waals surface area contributed by atoms with Gasteiger partial charge in [-0.2, -0.15) is 12.6 Å². The van der Waals surface area contributed by atoms with Crippen molar-refractivity contribution < 1.29 is 23.7 Å². The van der Waals surface area contributed by atoms with Gasteiger partial charge in [-0.05, 0) is 48.2 Å². The van der Waals surface area contributed by atoms with E-state index >= 15 is 0 Å². The van der Waals surface area contributed by atoms with Crippen LogP contribution in [0, 0.1) is 0 Å². The number of rotatable bonds is 12. The Balaban J connectivity index is 2.08. The third-order valence-corrected chi connectivity index (χ3v) is 6.46. The summed E-state index contributed by atoms with van der Waals surface area (Å²) in [7, 11) is 0.514. The number of aliphatic carboxylic acids is 1. The van der Waals surface area contributed by atoms with Gasteiger partial charge < -0.3 is 18.9 Å². The van der Waals surface area contributed by atoms with Crippen LogP contribution in [0.2, 0.25) is 0 Å². The van der Waals surface area contributed by atoms with E-state index in [0.717, 1.165) is 28.5 Å². The molecule has 0 bridgehead atoms. The molecular weight excluding hydrogens is 407 g/mol. The molecule has 2 aromatic rings. The summed E-state index contributed by atoms with van der Waals surface area (Å²) in [5.41, 5.74) is 0.790. The van der Waals surface area contributed by atoms with Gasteiger partial charge in [0.15, 0.2) is 8.38 Å². The summed E-state index contributed by atoms with van der Waals surface area (Å²) in [6.45, 7) is 7.10. The average molecular weight is 439 g/mol. The molecule has 1 N–H and O–H groups in total. The highest BCUT2D eigenvalue weighted by atomic mass is 32.1. The Morgan fingerprint density at radius 3 is 2.48 bits per heavy atom. The lowest BCUT2D eigenvalue weighted by molar-refractivity contribution is -0.138. The molecule has 0 aromatic heterocycles. The molecule has 2 rings (SSSR count). The predicted octanol–water partition coefficient (Wildman–Crippen LogP) is 5.87. The van der Waals surface area contributed by atoms with Gasteiger partial charge in [-0.15, -0.1) is 0 Å². The fourth-order valence-corrected chi connectivity index (χ4v) is 4.44. The number of thiol groups is 1. The van der Waals surface area contributed by atoms with Crippen LogP contribution in [0.5, 0.6) is 5.75 Å². The molecule has 0 radical (unpaired) electrons. The van der Waals surface area contributed by atoms with Crippen molar-refractivity contribution in [1.82, 2.24) is 0 Å². The minimum absolute atomic E-state index is 0.107. The lowest BCUT2D eigenvalue weighted by Crippen LogP contribution is -2.15. The molecule has 0 amide bonds. The van der Waals surface area contributed by atoms with Gasteiger partial charge in [0.1, 0.15) is 5.75 Å². The van der Waals surface area contributed by atoms with Crippen LogP contribution < -0.4 is 4.74 Å². The Hall–Kier alpha value is -1.33. The van der Waals surface area contributed by atoms with Crippen molar-refractivity contribution in [3.63, 3.8) is 0 Å². The second-order valence-corrected chi connectivity index (χ2v) is 10.4. The maximum absolute atomic E-state index is 11.9. The summed E-state index contributed by atoms with van der Waals surface area (Å²) < 4.78 is 16.8. The highest BCUT2D eigenvalue weighted by Crippen LogP contribution is 2.42.